The smallest absolute Gasteiger partial charge is 0.282 e. The van der Waals surface area contributed by atoms with Crippen molar-refractivity contribution in [1.29, 1.82) is 0 Å². The number of fused-ring (bicyclic) bond motifs is 2. The highest BCUT2D eigenvalue weighted by molar-refractivity contribution is 5.83. The van der Waals surface area contributed by atoms with Gasteiger partial charge < -0.3 is 9.47 Å². The highest BCUT2D eigenvalue weighted by Crippen LogP contribution is 2.31. The van der Waals surface area contributed by atoms with E-state index in [0.717, 1.165) is 24.1 Å². The van der Waals surface area contributed by atoms with Gasteiger partial charge in [0, 0.05) is 5.56 Å². The van der Waals surface area contributed by atoms with E-state index in [1.165, 1.54) is 5.56 Å². The summed E-state index contributed by atoms with van der Waals surface area (Å²) in [7, 11) is 0. The Balaban J connectivity index is 1.40. The Morgan fingerprint density at radius 3 is 2.75 bits per heavy atom. The Hall–Kier alpha value is -2.95. The van der Waals surface area contributed by atoms with Crippen molar-refractivity contribution >= 4 is 11.6 Å². The first-order valence-corrected chi connectivity index (χ1v) is 8.04. The number of carbonyl (C=O) groups is 1. The van der Waals surface area contributed by atoms with Crippen LogP contribution >= 0.6 is 0 Å². The van der Waals surface area contributed by atoms with Gasteiger partial charge in [-0.05, 0) is 30.5 Å². The lowest BCUT2D eigenvalue weighted by molar-refractivity contribution is -0.131. The van der Waals surface area contributed by atoms with Crippen LogP contribution in [0.5, 0.6) is 11.5 Å². The Morgan fingerprint density at radius 1 is 1.04 bits per heavy atom. The summed E-state index contributed by atoms with van der Waals surface area (Å²) in [6.45, 7) is 0.195. The molecule has 5 nitrogen and oxygen atoms in total. The van der Waals surface area contributed by atoms with Crippen molar-refractivity contribution in [2.75, 3.05) is 6.61 Å². The van der Waals surface area contributed by atoms with Crippen molar-refractivity contribution in [1.82, 2.24) is 10.9 Å². The minimum Gasteiger partial charge on any atom is -0.485 e. The van der Waals surface area contributed by atoms with Crippen LogP contribution in [0.1, 0.15) is 17.5 Å². The molecule has 5 heteroatoms. The topological polar surface area (TPSA) is 59.6 Å². The fourth-order valence-electron chi connectivity index (χ4n) is 2.96. The van der Waals surface area contributed by atoms with Gasteiger partial charge >= 0.3 is 0 Å². The highest BCUT2D eigenvalue weighted by atomic mass is 16.6. The molecule has 2 N–H and O–H groups in total. The molecule has 1 amide bonds. The summed E-state index contributed by atoms with van der Waals surface area (Å²) >= 11 is 0. The van der Waals surface area contributed by atoms with Crippen LogP contribution in [0, 0.1) is 0 Å². The van der Waals surface area contributed by atoms with Crippen LogP contribution in [0.2, 0.25) is 0 Å². The molecule has 0 saturated carbocycles. The van der Waals surface area contributed by atoms with Gasteiger partial charge in [-0.2, -0.15) is 0 Å². The number of hydrogen-bond acceptors (Lipinski definition) is 4. The van der Waals surface area contributed by atoms with Gasteiger partial charge in [0.05, 0.1) is 5.70 Å². The van der Waals surface area contributed by atoms with Crippen LogP contribution in [-0.2, 0) is 11.2 Å². The van der Waals surface area contributed by atoms with Gasteiger partial charge in [-0.3, -0.25) is 15.6 Å². The van der Waals surface area contributed by atoms with E-state index in [2.05, 4.69) is 29.1 Å². The fraction of sp³-hybridized carbons (Fsp3) is 0.211. The van der Waals surface area contributed by atoms with Crippen LogP contribution in [0.25, 0.3) is 5.70 Å². The number of allylic oxidation sites excluding steroid dienone is 1. The molecule has 122 valence electrons. The van der Waals surface area contributed by atoms with Crippen LogP contribution in [0.15, 0.2) is 54.6 Å². The SMILES string of the molecule is O=C(NNC1=CCCc2ccccc21)[C@H]1COc2ccccc2O1. The third-order valence-corrected chi connectivity index (χ3v) is 4.19. The van der Waals surface area contributed by atoms with E-state index in [0.29, 0.717) is 11.5 Å². The quantitative estimate of drug-likeness (QED) is 0.852. The van der Waals surface area contributed by atoms with E-state index >= 15 is 0 Å². The molecule has 0 radical (unpaired) electrons. The zero-order chi connectivity index (χ0) is 16.4. The lowest BCUT2D eigenvalue weighted by Gasteiger charge is -2.26. The number of hydrogen-bond donors (Lipinski definition) is 2. The number of aryl methyl sites for hydroxylation is 1. The maximum Gasteiger partial charge on any atom is 0.282 e. The minimum absolute atomic E-state index is 0.195. The van der Waals surface area contributed by atoms with Gasteiger partial charge in [0.2, 0.25) is 6.10 Å². The van der Waals surface area contributed by atoms with Crippen LogP contribution < -0.4 is 20.3 Å². The molecule has 1 aliphatic carbocycles. The van der Waals surface area contributed by atoms with Gasteiger partial charge in [0.15, 0.2) is 11.5 Å². The molecule has 1 aliphatic heterocycles. The number of hydrazine groups is 1. The molecular formula is C19H18N2O3. The first-order chi connectivity index (χ1) is 11.8. The van der Waals surface area contributed by atoms with Gasteiger partial charge in [0.25, 0.3) is 5.91 Å². The van der Waals surface area contributed by atoms with Crippen LogP contribution in [0.4, 0.5) is 0 Å². The fourth-order valence-corrected chi connectivity index (χ4v) is 2.96. The standard InChI is InChI=1S/C19H18N2O3/c22-19(18-12-23-16-10-3-4-11-17(16)24-18)21-20-15-9-5-7-13-6-1-2-8-14(13)15/h1-4,6,8-11,18,20H,5,7,12H2,(H,21,22)/t18-/m1/s1. The number of amides is 1. The van der Waals surface area contributed by atoms with Crippen molar-refractivity contribution in [3.63, 3.8) is 0 Å². The van der Waals surface area contributed by atoms with Crippen molar-refractivity contribution < 1.29 is 14.3 Å². The Morgan fingerprint density at radius 2 is 1.83 bits per heavy atom. The molecule has 1 atom stereocenters. The van der Waals surface area contributed by atoms with Crippen molar-refractivity contribution in [3.05, 3.63) is 65.7 Å². The number of benzene rings is 2. The first kappa shape index (κ1) is 14.6. The summed E-state index contributed by atoms with van der Waals surface area (Å²) in [5.74, 6) is 0.998. The Bertz CT molecular complexity index is 801. The lowest BCUT2D eigenvalue weighted by atomic mass is 9.95. The monoisotopic (exact) mass is 322 g/mol. The Kier molecular flexibility index (Phi) is 3.83. The summed E-state index contributed by atoms with van der Waals surface area (Å²) in [4.78, 5) is 12.4. The molecule has 0 bridgehead atoms. The van der Waals surface area contributed by atoms with E-state index in [9.17, 15) is 4.79 Å². The highest BCUT2D eigenvalue weighted by Gasteiger charge is 2.27. The maximum absolute atomic E-state index is 12.4. The second kappa shape index (κ2) is 6.28. The van der Waals surface area contributed by atoms with E-state index < -0.39 is 6.10 Å². The van der Waals surface area contributed by atoms with E-state index in [1.54, 1.807) is 6.07 Å². The zero-order valence-electron chi connectivity index (χ0n) is 13.1. The number of nitrogens with one attached hydrogen (secondary N) is 2. The summed E-state index contributed by atoms with van der Waals surface area (Å²) in [5, 5.41) is 0. The molecule has 24 heavy (non-hydrogen) atoms. The third kappa shape index (κ3) is 2.80. The number of ether oxygens (including phenoxy) is 2. The molecule has 1 heterocycles. The average molecular weight is 322 g/mol. The normalized spacial score (nSPS) is 18.2. The third-order valence-electron chi connectivity index (χ3n) is 4.19. The van der Waals surface area contributed by atoms with Crippen LogP contribution in [-0.4, -0.2) is 18.6 Å². The van der Waals surface area contributed by atoms with E-state index in [-0.39, 0.29) is 12.5 Å². The number of para-hydroxylation sites is 2. The molecule has 0 aromatic heterocycles. The minimum atomic E-state index is -0.674. The predicted octanol–water partition coefficient (Wildman–Crippen LogP) is 2.43. The summed E-state index contributed by atoms with van der Waals surface area (Å²) in [6, 6.07) is 15.5. The molecule has 2 aromatic rings. The molecule has 0 fully saturated rings. The molecule has 0 saturated heterocycles. The van der Waals surface area contributed by atoms with Crippen molar-refractivity contribution in [2.24, 2.45) is 0 Å². The van der Waals surface area contributed by atoms with E-state index in [1.807, 2.05) is 30.3 Å². The number of carbonyl (C=O) groups excluding carboxylic acids is 1. The van der Waals surface area contributed by atoms with Gasteiger partial charge in [-0.15, -0.1) is 0 Å². The second-order valence-corrected chi connectivity index (χ2v) is 5.79. The number of rotatable bonds is 3. The summed E-state index contributed by atoms with van der Waals surface area (Å²) < 4.78 is 11.3. The zero-order valence-corrected chi connectivity index (χ0v) is 13.1. The summed E-state index contributed by atoms with van der Waals surface area (Å²) in [5.41, 5.74) is 9.08. The summed E-state index contributed by atoms with van der Waals surface area (Å²) in [6.07, 6.45) is 3.39. The lowest BCUT2D eigenvalue weighted by Crippen LogP contribution is -2.48. The van der Waals surface area contributed by atoms with Crippen molar-refractivity contribution in [2.45, 2.75) is 18.9 Å². The first-order valence-electron chi connectivity index (χ1n) is 8.04. The van der Waals surface area contributed by atoms with Crippen LogP contribution in [0.3, 0.4) is 0 Å². The van der Waals surface area contributed by atoms with Gasteiger partial charge in [-0.25, -0.2) is 0 Å². The molecule has 0 spiro atoms. The molecule has 2 aliphatic rings. The molecule has 4 rings (SSSR count). The molecule has 2 aromatic carbocycles. The average Bonchev–Trinajstić information content (AvgIpc) is 2.65. The predicted molar refractivity (Wildman–Crippen MR) is 90.4 cm³/mol. The van der Waals surface area contributed by atoms with E-state index in [4.69, 9.17) is 9.47 Å². The molecule has 0 unspecified atom stereocenters. The molecular weight excluding hydrogens is 304 g/mol. The van der Waals surface area contributed by atoms with Crippen molar-refractivity contribution in [3.8, 4) is 11.5 Å². The van der Waals surface area contributed by atoms with Gasteiger partial charge in [0.1, 0.15) is 6.61 Å². The van der Waals surface area contributed by atoms with Gasteiger partial charge in [-0.1, -0.05) is 42.5 Å². The maximum atomic E-state index is 12.4. The second-order valence-electron chi connectivity index (χ2n) is 5.79. The largest absolute Gasteiger partial charge is 0.485 e. The Labute approximate surface area is 140 Å².